The molecule has 5 nitrogen and oxygen atoms in total. The summed E-state index contributed by atoms with van der Waals surface area (Å²) in [6, 6.07) is 9.91. The first kappa shape index (κ1) is 19.9. The van der Waals surface area contributed by atoms with Crippen molar-refractivity contribution in [2.75, 3.05) is 0 Å². The van der Waals surface area contributed by atoms with Gasteiger partial charge in [-0.3, -0.25) is 9.36 Å². The molecule has 0 saturated carbocycles. The molecule has 3 aromatic heterocycles. The molecule has 0 atom stereocenters. The summed E-state index contributed by atoms with van der Waals surface area (Å²) < 4.78 is 39.7. The zero-order chi connectivity index (χ0) is 20.6. The van der Waals surface area contributed by atoms with Gasteiger partial charge in [0.2, 0.25) is 0 Å². The molecule has 0 radical (unpaired) electrons. The normalized spacial score (nSPS) is 11.9. The molecular formula is C18H10ClF3N4OS2. The fourth-order valence-corrected chi connectivity index (χ4v) is 4.38. The SMILES string of the molecule is O=c1c2ncccc2nc(SCc2csc(C(F)(F)F)n2)n1-c1ccc(Cl)cc1. The van der Waals surface area contributed by atoms with Gasteiger partial charge >= 0.3 is 6.18 Å². The molecule has 0 saturated heterocycles. The number of rotatable bonds is 4. The van der Waals surface area contributed by atoms with Crippen molar-refractivity contribution in [3.05, 3.63) is 74.1 Å². The van der Waals surface area contributed by atoms with E-state index in [0.29, 0.717) is 32.7 Å². The van der Waals surface area contributed by atoms with E-state index in [9.17, 15) is 18.0 Å². The highest BCUT2D eigenvalue weighted by Gasteiger charge is 2.34. The molecule has 0 aliphatic rings. The van der Waals surface area contributed by atoms with E-state index in [1.807, 2.05) is 0 Å². The van der Waals surface area contributed by atoms with Crippen LogP contribution in [0.25, 0.3) is 16.7 Å². The molecule has 11 heteroatoms. The lowest BCUT2D eigenvalue weighted by atomic mass is 10.3. The molecule has 0 bridgehead atoms. The first-order valence-electron chi connectivity index (χ1n) is 8.11. The van der Waals surface area contributed by atoms with Crippen LogP contribution in [0.4, 0.5) is 13.2 Å². The Hall–Kier alpha value is -2.43. The number of hydrogen-bond acceptors (Lipinski definition) is 6. The van der Waals surface area contributed by atoms with Gasteiger partial charge in [-0.25, -0.2) is 15.0 Å². The van der Waals surface area contributed by atoms with Crippen LogP contribution < -0.4 is 5.56 Å². The highest BCUT2D eigenvalue weighted by Crippen LogP contribution is 2.33. The van der Waals surface area contributed by atoms with E-state index in [4.69, 9.17) is 11.6 Å². The molecule has 0 aliphatic carbocycles. The summed E-state index contributed by atoms with van der Waals surface area (Å²) in [7, 11) is 0. The number of thioether (sulfide) groups is 1. The lowest BCUT2D eigenvalue weighted by Crippen LogP contribution is -2.22. The lowest BCUT2D eigenvalue weighted by Gasteiger charge is -2.12. The Morgan fingerprint density at radius 2 is 1.90 bits per heavy atom. The van der Waals surface area contributed by atoms with E-state index < -0.39 is 11.2 Å². The van der Waals surface area contributed by atoms with E-state index in [1.165, 1.54) is 16.1 Å². The van der Waals surface area contributed by atoms with Crippen molar-refractivity contribution < 1.29 is 13.2 Å². The molecule has 0 N–H and O–H groups in total. The standard InChI is InChI=1S/C18H10ClF3N4OS2/c19-10-3-5-12(6-4-10)26-15(27)14-13(2-1-7-23-14)25-17(26)29-9-11-8-28-16(24-11)18(20,21)22/h1-8H,9H2. The summed E-state index contributed by atoms with van der Waals surface area (Å²) in [6.07, 6.45) is -2.98. The Morgan fingerprint density at radius 3 is 2.59 bits per heavy atom. The first-order valence-corrected chi connectivity index (χ1v) is 10.4. The molecule has 4 aromatic rings. The molecular weight excluding hydrogens is 445 g/mol. The smallest absolute Gasteiger partial charge is 0.266 e. The number of thiazole rings is 1. The van der Waals surface area contributed by atoms with Crippen LogP contribution in [0.15, 0.2) is 57.9 Å². The predicted molar refractivity (Wildman–Crippen MR) is 107 cm³/mol. The summed E-state index contributed by atoms with van der Waals surface area (Å²) in [4.78, 5) is 25.3. The van der Waals surface area contributed by atoms with Crippen LogP contribution in [-0.4, -0.2) is 19.5 Å². The monoisotopic (exact) mass is 454 g/mol. The van der Waals surface area contributed by atoms with Crippen LogP contribution in [0.3, 0.4) is 0 Å². The van der Waals surface area contributed by atoms with Crippen LogP contribution in [0.1, 0.15) is 10.7 Å². The Morgan fingerprint density at radius 1 is 1.14 bits per heavy atom. The molecule has 3 heterocycles. The Labute approximate surface area is 175 Å². The van der Waals surface area contributed by atoms with Crippen molar-refractivity contribution in [3.8, 4) is 5.69 Å². The highest BCUT2D eigenvalue weighted by atomic mass is 35.5. The average molecular weight is 455 g/mol. The van der Waals surface area contributed by atoms with Gasteiger partial charge in [0, 0.05) is 22.4 Å². The number of halogens is 4. The molecule has 0 amide bonds. The van der Waals surface area contributed by atoms with Gasteiger partial charge in [0.05, 0.1) is 16.9 Å². The van der Waals surface area contributed by atoms with Gasteiger partial charge in [-0.1, -0.05) is 23.4 Å². The third kappa shape index (κ3) is 4.14. The summed E-state index contributed by atoms with van der Waals surface area (Å²) in [6.45, 7) is 0. The highest BCUT2D eigenvalue weighted by molar-refractivity contribution is 7.98. The van der Waals surface area contributed by atoms with Crippen LogP contribution in [0.5, 0.6) is 0 Å². The molecule has 29 heavy (non-hydrogen) atoms. The summed E-state index contributed by atoms with van der Waals surface area (Å²) in [5.41, 5.74) is 1.00. The zero-order valence-electron chi connectivity index (χ0n) is 14.4. The molecule has 148 valence electrons. The van der Waals surface area contributed by atoms with E-state index in [2.05, 4.69) is 15.0 Å². The van der Waals surface area contributed by atoms with Crippen LogP contribution in [0.2, 0.25) is 5.02 Å². The zero-order valence-corrected chi connectivity index (χ0v) is 16.7. The quantitative estimate of drug-likeness (QED) is 0.313. The number of fused-ring (bicyclic) bond motifs is 1. The minimum atomic E-state index is -4.48. The fourth-order valence-electron chi connectivity index (χ4n) is 2.55. The van der Waals surface area contributed by atoms with Gasteiger partial charge in [0.25, 0.3) is 5.56 Å². The fraction of sp³-hybridized carbons (Fsp3) is 0.111. The minimum Gasteiger partial charge on any atom is -0.266 e. The topological polar surface area (TPSA) is 60.7 Å². The van der Waals surface area contributed by atoms with Crippen LogP contribution in [0, 0.1) is 0 Å². The maximum absolute atomic E-state index is 13.0. The van der Waals surface area contributed by atoms with Crippen LogP contribution in [-0.2, 0) is 11.9 Å². The second-order valence-electron chi connectivity index (χ2n) is 5.81. The largest absolute Gasteiger partial charge is 0.443 e. The molecule has 1 aromatic carbocycles. The summed E-state index contributed by atoms with van der Waals surface area (Å²) in [5.74, 6) is 0.123. The Bertz CT molecular complexity index is 1240. The van der Waals surface area contributed by atoms with Gasteiger partial charge < -0.3 is 0 Å². The van der Waals surface area contributed by atoms with E-state index in [1.54, 1.807) is 36.4 Å². The average Bonchev–Trinajstić information content (AvgIpc) is 3.17. The molecule has 4 rings (SSSR count). The van der Waals surface area contributed by atoms with Gasteiger partial charge in [0.1, 0.15) is 0 Å². The predicted octanol–water partition coefficient (Wildman–Crippen LogP) is 5.20. The lowest BCUT2D eigenvalue weighted by molar-refractivity contribution is -0.137. The van der Waals surface area contributed by atoms with Gasteiger partial charge in [-0.05, 0) is 36.4 Å². The number of benzene rings is 1. The van der Waals surface area contributed by atoms with Crippen molar-refractivity contribution in [2.24, 2.45) is 0 Å². The van der Waals surface area contributed by atoms with E-state index >= 15 is 0 Å². The second kappa shape index (κ2) is 7.77. The van der Waals surface area contributed by atoms with Gasteiger partial charge in [0.15, 0.2) is 15.7 Å². The Kier molecular flexibility index (Phi) is 5.32. The molecule has 0 fully saturated rings. The summed E-state index contributed by atoms with van der Waals surface area (Å²) in [5, 5.41) is 1.27. The maximum atomic E-state index is 13.0. The first-order chi connectivity index (χ1) is 13.8. The second-order valence-corrected chi connectivity index (χ2v) is 8.05. The van der Waals surface area contributed by atoms with Crippen LogP contribution >= 0.6 is 34.7 Å². The summed E-state index contributed by atoms with van der Waals surface area (Å²) >= 11 is 7.59. The number of aromatic nitrogens is 4. The molecule has 0 spiro atoms. The molecule has 0 aliphatic heterocycles. The van der Waals surface area contributed by atoms with Gasteiger partial charge in [-0.15, -0.1) is 11.3 Å². The maximum Gasteiger partial charge on any atom is 0.443 e. The van der Waals surface area contributed by atoms with Crippen molar-refractivity contribution in [2.45, 2.75) is 17.1 Å². The van der Waals surface area contributed by atoms with E-state index in [-0.39, 0.29) is 22.5 Å². The van der Waals surface area contributed by atoms with Crippen molar-refractivity contribution in [1.29, 1.82) is 0 Å². The minimum absolute atomic E-state index is 0.123. The van der Waals surface area contributed by atoms with Gasteiger partial charge in [-0.2, -0.15) is 13.2 Å². The van der Waals surface area contributed by atoms with E-state index in [0.717, 1.165) is 11.8 Å². The Balaban J connectivity index is 1.76. The van der Waals surface area contributed by atoms with Crippen molar-refractivity contribution in [3.63, 3.8) is 0 Å². The third-order valence-corrected chi connectivity index (χ3v) is 5.99. The van der Waals surface area contributed by atoms with Crippen molar-refractivity contribution >= 4 is 45.7 Å². The van der Waals surface area contributed by atoms with Crippen molar-refractivity contribution in [1.82, 2.24) is 19.5 Å². The third-order valence-electron chi connectivity index (χ3n) is 3.83. The number of hydrogen-bond donors (Lipinski definition) is 0. The number of alkyl halides is 3. The number of nitrogens with zero attached hydrogens (tertiary/aromatic N) is 4. The molecule has 0 unspecified atom stereocenters. The number of pyridine rings is 1.